The Labute approximate surface area is 109 Å². The average molecular weight is 300 g/mol. The van der Waals surface area contributed by atoms with Gasteiger partial charge in [0.2, 0.25) is 0 Å². The maximum Gasteiger partial charge on any atom is 0.191 e. The molecule has 3 nitrogen and oxygen atoms in total. The van der Waals surface area contributed by atoms with Crippen LogP contribution in [0.2, 0.25) is 0 Å². The molecule has 0 aromatic heterocycles. The van der Waals surface area contributed by atoms with Gasteiger partial charge in [-0.25, -0.2) is 4.39 Å². The molecule has 5 heteroatoms. The third-order valence-corrected chi connectivity index (χ3v) is 3.60. The van der Waals surface area contributed by atoms with E-state index in [1.54, 1.807) is 12.1 Å². The molecule has 0 amide bonds. The molecule has 92 valence electrons. The van der Waals surface area contributed by atoms with Crippen molar-refractivity contribution in [2.24, 2.45) is 10.7 Å². The van der Waals surface area contributed by atoms with E-state index in [1.165, 1.54) is 6.07 Å². The zero-order valence-corrected chi connectivity index (χ0v) is 11.2. The lowest BCUT2D eigenvalue weighted by Crippen LogP contribution is -2.36. The second-order valence-corrected chi connectivity index (χ2v) is 4.93. The number of benzene rings is 1. The van der Waals surface area contributed by atoms with Crippen LogP contribution < -0.4 is 5.73 Å². The first kappa shape index (κ1) is 12.4. The van der Waals surface area contributed by atoms with Crippen LogP contribution in [0.15, 0.2) is 27.7 Å². The summed E-state index contributed by atoms with van der Waals surface area (Å²) in [4.78, 5) is 6.27. The molecular weight excluding hydrogens is 285 g/mol. The molecule has 0 spiro atoms. The van der Waals surface area contributed by atoms with Crippen molar-refractivity contribution in [1.29, 1.82) is 0 Å². The molecule has 1 unspecified atom stereocenters. The normalized spacial score (nSPS) is 19.6. The molecule has 1 aromatic carbocycles. The van der Waals surface area contributed by atoms with Gasteiger partial charge in [-0.1, -0.05) is 22.9 Å². The monoisotopic (exact) mass is 299 g/mol. The number of rotatable bonds is 3. The van der Waals surface area contributed by atoms with Crippen LogP contribution in [0.5, 0.6) is 0 Å². The molecule has 0 saturated heterocycles. The minimum absolute atomic E-state index is 0.0417. The number of aliphatic imine (C=N–C) groups is 1. The Morgan fingerprint density at radius 2 is 2.35 bits per heavy atom. The minimum Gasteiger partial charge on any atom is -0.370 e. The van der Waals surface area contributed by atoms with Gasteiger partial charge in [0.05, 0.1) is 12.6 Å². The third kappa shape index (κ3) is 2.44. The minimum atomic E-state index is -0.231. The summed E-state index contributed by atoms with van der Waals surface area (Å²) in [5.74, 6) is 0.318. The number of hydrogen-bond donors (Lipinski definition) is 1. The van der Waals surface area contributed by atoms with Crippen molar-refractivity contribution in [3.63, 3.8) is 0 Å². The maximum absolute atomic E-state index is 13.3. The van der Waals surface area contributed by atoms with Crippen LogP contribution in [0.4, 0.5) is 4.39 Å². The van der Waals surface area contributed by atoms with E-state index in [1.807, 2.05) is 4.90 Å². The molecule has 1 aliphatic heterocycles. The standard InChI is InChI=1S/C12H15BrFN3/c1-2-5-17-11(7-16-12(17)15)9-6-8(14)3-4-10(9)13/h3-4,6,11H,2,5,7H2,1H3,(H2,15,16). The summed E-state index contributed by atoms with van der Waals surface area (Å²) in [7, 11) is 0. The van der Waals surface area contributed by atoms with Crippen LogP contribution in [-0.4, -0.2) is 23.9 Å². The van der Waals surface area contributed by atoms with Crippen molar-refractivity contribution in [1.82, 2.24) is 4.90 Å². The van der Waals surface area contributed by atoms with E-state index in [9.17, 15) is 4.39 Å². The highest BCUT2D eigenvalue weighted by molar-refractivity contribution is 9.10. The zero-order valence-electron chi connectivity index (χ0n) is 9.66. The zero-order chi connectivity index (χ0) is 12.4. The first-order valence-electron chi connectivity index (χ1n) is 5.65. The highest BCUT2D eigenvalue weighted by Gasteiger charge is 2.28. The summed E-state index contributed by atoms with van der Waals surface area (Å²) in [5.41, 5.74) is 6.75. The van der Waals surface area contributed by atoms with Crippen LogP contribution in [0.3, 0.4) is 0 Å². The molecule has 0 radical (unpaired) electrons. The molecule has 2 N–H and O–H groups in total. The van der Waals surface area contributed by atoms with Crippen LogP contribution in [-0.2, 0) is 0 Å². The van der Waals surface area contributed by atoms with Crippen molar-refractivity contribution in [2.45, 2.75) is 19.4 Å². The Balaban J connectivity index is 2.30. The molecule has 1 atom stereocenters. The number of hydrogen-bond acceptors (Lipinski definition) is 3. The van der Waals surface area contributed by atoms with Gasteiger partial charge in [0.15, 0.2) is 5.96 Å². The topological polar surface area (TPSA) is 41.6 Å². The Kier molecular flexibility index (Phi) is 3.66. The van der Waals surface area contributed by atoms with Gasteiger partial charge in [-0.05, 0) is 30.2 Å². The predicted molar refractivity (Wildman–Crippen MR) is 70.3 cm³/mol. The van der Waals surface area contributed by atoms with Gasteiger partial charge in [-0.15, -0.1) is 0 Å². The summed E-state index contributed by atoms with van der Waals surface area (Å²) in [6.07, 6.45) is 0.986. The van der Waals surface area contributed by atoms with Gasteiger partial charge in [-0.2, -0.15) is 0 Å². The average Bonchev–Trinajstić information content (AvgIpc) is 2.65. The third-order valence-electron chi connectivity index (χ3n) is 2.88. The predicted octanol–water partition coefficient (Wildman–Crippen LogP) is 2.67. The fourth-order valence-electron chi connectivity index (χ4n) is 2.08. The first-order valence-corrected chi connectivity index (χ1v) is 6.44. The van der Waals surface area contributed by atoms with Crippen LogP contribution in [0.25, 0.3) is 0 Å². The largest absolute Gasteiger partial charge is 0.370 e. The summed E-state index contributed by atoms with van der Waals surface area (Å²) in [6, 6.07) is 4.76. The second-order valence-electron chi connectivity index (χ2n) is 4.07. The van der Waals surface area contributed by atoms with Crippen molar-refractivity contribution in [3.8, 4) is 0 Å². The van der Waals surface area contributed by atoms with E-state index in [-0.39, 0.29) is 11.9 Å². The fraction of sp³-hybridized carbons (Fsp3) is 0.417. The SMILES string of the molecule is CCCN1C(N)=NCC1c1cc(F)ccc1Br. The molecule has 1 aliphatic rings. The van der Waals surface area contributed by atoms with Gasteiger partial charge in [0.25, 0.3) is 0 Å². The Hall–Kier alpha value is -1.10. The van der Waals surface area contributed by atoms with Gasteiger partial charge in [0.1, 0.15) is 5.82 Å². The van der Waals surface area contributed by atoms with Crippen LogP contribution in [0, 0.1) is 5.82 Å². The molecule has 0 bridgehead atoms. The lowest BCUT2D eigenvalue weighted by molar-refractivity contribution is 0.345. The van der Waals surface area contributed by atoms with E-state index in [4.69, 9.17) is 5.73 Å². The first-order chi connectivity index (χ1) is 8.13. The van der Waals surface area contributed by atoms with E-state index < -0.39 is 0 Å². The number of nitrogens with zero attached hydrogens (tertiary/aromatic N) is 2. The van der Waals surface area contributed by atoms with E-state index >= 15 is 0 Å². The number of halogens is 2. The summed E-state index contributed by atoms with van der Waals surface area (Å²) in [6.45, 7) is 3.51. The van der Waals surface area contributed by atoms with E-state index in [2.05, 4.69) is 27.8 Å². The summed E-state index contributed by atoms with van der Waals surface area (Å²) >= 11 is 3.45. The van der Waals surface area contributed by atoms with Gasteiger partial charge < -0.3 is 10.6 Å². The molecule has 0 aliphatic carbocycles. The molecule has 1 heterocycles. The van der Waals surface area contributed by atoms with Crippen molar-refractivity contribution >= 4 is 21.9 Å². The van der Waals surface area contributed by atoms with Crippen molar-refractivity contribution in [2.75, 3.05) is 13.1 Å². The van der Waals surface area contributed by atoms with E-state index in [0.29, 0.717) is 12.5 Å². The molecule has 0 saturated carbocycles. The van der Waals surface area contributed by atoms with Crippen LogP contribution >= 0.6 is 15.9 Å². The van der Waals surface area contributed by atoms with Gasteiger partial charge in [0, 0.05) is 11.0 Å². The molecule has 1 aromatic rings. The molecule has 0 fully saturated rings. The fourth-order valence-corrected chi connectivity index (χ4v) is 2.59. The van der Waals surface area contributed by atoms with Crippen LogP contribution in [0.1, 0.15) is 24.9 Å². The van der Waals surface area contributed by atoms with Crippen molar-refractivity contribution < 1.29 is 4.39 Å². The molecular formula is C12H15BrFN3. The lowest BCUT2D eigenvalue weighted by Gasteiger charge is -2.26. The number of nitrogens with two attached hydrogens (primary N) is 1. The molecule has 17 heavy (non-hydrogen) atoms. The highest BCUT2D eigenvalue weighted by atomic mass is 79.9. The van der Waals surface area contributed by atoms with E-state index in [0.717, 1.165) is 23.0 Å². The maximum atomic E-state index is 13.3. The lowest BCUT2D eigenvalue weighted by atomic mass is 10.1. The summed E-state index contributed by atoms with van der Waals surface area (Å²) < 4.78 is 14.2. The Bertz CT molecular complexity index is 447. The Morgan fingerprint density at radius 3 is 3.06 bits per heavy atom. The highest BCUT2D eigenvalue weighted by Crippen LogP contribution is 2.31. The Morgan fingerprint density at radius 1 is 1.59 bits per heavy atom. The summed E-state index contributed by atoms with van der Waals surface area (Å²) in [5, 5.41) is 0. The quantitative estimate of drug-likeness (QED) is 0.932. The smallest absolute Gasteiger partial charge is 0.191 e. The second kappa shape index (κ2) is 5.04. The number of guanidine groups is 1. The van der Waals surface area contributed by atoms with Gasteiger partial charge >= 0.3 is 0 Å². The van der Waals surface area contributed by atoms with Crippen molar-refractivity contribution in [3.05, 3.63) is 34.1 Å². The van der Waals surface area contributed by atoms with Gasteiger partial charge in [-0.3, -0.25) is 4.99 Å². The molecule has 2 rings (SSSR count).